The van der Waals surface area contributed by atoms with Crippen LogP contribution in [-0.2, 0) is 11.4 Å². The van der Waals surface area contributed by atoms with Gasteiger partial charge in [-0.3, -0.25) is 4.79 Å². The van der Waals surface area contributed by atoms with Gasteiger partial charge in [0.15, 0.2) is 0 Å². The number of hydrogen-bond acceptors (Lipinski definition) is 3. The molecule has 88 valence electrons. The van der Waals surface area contributed by atoms with E-state index in [1.807, 2.05) is 0 Å². The Balaban J connectivity index is 2.51. The van der Waals surface area contributed by atoms with Crippen molar-refractivity contribution in [3.63, 3.8) is 0 Å². The second kappa shape index (κ2) is 6.50. The van der Waals surface area contributed by atoms with Gasteiger partial charge in [0.05, 0.1) is 19.6 Å². The topological polar surface area (TPSA) is 58.6 Å². The molecule has 4 nitrogen and oxygen atoms in total. The first-order valence-corrected chi connectivity index (χ1v) is 5.69. The zero-order chi connectivity index (χ0) is 12.0. The number of aliphatic hydroxyl groups excluding tert-OH is 1. The van der Waals surface area contributed by atoms with E-state index in [9.17, 15) is 4.79 Å². The van der Waals surface area contributed by atoms with Crippen LogP contribution in [0.2, 0.25) is 0 Å². The van der Waals surface area contributed by atoms with Gasteiger partial charge in [-0.2, -0.15) is 0 Å². The van der Waals surface area contributed by atoms with Crippen LogP contribution >= 0.6 is 15.9 Å². The van der Waals surface area contributed by atoms with E-state index in [1.165, 1.54) is 0 Å². The molecule has 0 heterocycles. The molecule has 0 atom stereocenters. The molecule has 1 aromatic rings. The molecule has 0 saturated carbocycles. The van der Waals surface area contributed by atoms with Crippen molar-refractivity contribution in [2.75, 3.05) is 13.7 Å². The number of ether oxygens (including phenoxy) is 1. The Hall–Kier alpha value is -1.07. The third kappa shape index (κ3) is 3.83. The highest BCUT2D eigenvalue weighted by Crippen LogP contribution is 2.22. The molecule has 0 aliphatic carbocycles. The summed E-state index contributed by atoms with van der Waals surface area (Å²) in [7, 11) is 1.59. The Morgan fingerprint density at radius 1 is 1.56 bits per heavy atom. The van der Waals surface area contributed by atoms with Gasteiger partial charge in [-0.1, -0.05) is 15.9 Å². The number of hydrogen-bond donors (Lipinski definition) is 2. The van der Waals surface area contributed by atoms with Crippen LogP contribution in [0.1, 0.15) is 12.0 Å². The molecule has 0 radical (unpaired) electrons. The highest BCUT2D eigenvalue weighted by molar-refractivity contribution is 9.10. The van der Waals surface area contributed by atoms with Gasteiger partial charge in [0.1, 0.15) is 5.75 Å². The van der Waals surface area contributed by atoms with E-state index in [1.54, 1.807) is 25.2 Å². The zero-order valence-electron chi connectivity index (χ0n) is 9.00. The smallest absolute Gasteiger partial charge is 0.223 e. The molecule has 0 fully saturated rings. The maximum Gasteiger partial charge on any atom is 0.223 e. The molecule has 0 bridgehead atoms. The molecule has 0 aliphatic rings. The monoisotopic (exact) mass is 287 g/mol. The van der Waals surface area contributed by atoms with Gasteiger partial charge in [0.2, 0.25) is 5.91 Å². The molecule has 0 aliphatic heterocycles. The summed E-state index contributed by atoms with van der Waals surface area (Å²) in [4.78, 5) is 10.9. The van der Waals surface area contributed by atoms with Crippen LogP contribution in [0.15, 0.2) is 22.7 Å². The maximum atomic E-state index is 10.9. The highest BCUT2D eigenvalue weighted by Gasteiger charge is 2.02. The Kier molecular flexibility index (Phi) is 5.28. The minimum atomic E-state index is -0.0560. The Morgan fingerprint density at radius 2 is 2.31 bits per heavy atom. The molecule has 16 heavy (non-hydrogen) atoms. The van der Waals surface area contributed by atoms with Crippen LogP contribution in [0, 0.1) is 0 Å². The number of carbonyl (C=O) groups is 1. The molecular formula is C11H14BrNO3. The third-order valence-electron chi connectivity index (χ3n) is 2.06. The molecule has 0 aromatic heterocycles. The van der Waals surface area contributed by atoms with Crippen molar-refractivity contribution in [3.8, 4) is 5.75 Å². The lowest BCUT2D eigenvalue weighted by molar-refractivity contribution is -0.121. The first kappa shape index (κ1) is 13.0. The van der Waals surface area contributed by atoms with Crippen LogP contribution in [0.3, 0.4) is 0 Å². The molecule has 5 heteroatoms. The Labute approximate surface area is 103 Å². The van der Waals surface area contributed by atoms with Gasteiger partial charge in [-0.15, -0.1) is 0 Å². The molecule has 1 aromatic carbocycles. The lowest BCUT2D eigenvalue weighted by atomic mass is 10.2. The largest absolute Gasteiger partial charge is 0.493 e. The minimum absolute atomic E-state index is 0.0484. The van der Waals surface area contributed by atoms with E-state index >= 15 is 0 Å². The number of amides is 1. The van der Waals surface area contributed by atoms with E-state index in [0.717, 1.165) is 10.0 Å². The van der Waals surface area contributed by atoms with Gasteiger partial charge in [0.25, 0.3) is 0 Å². The summed E-state index contributed by atoms with van der Waals surface area (Å²) < 4.78 is 6.22. The number of nitrogens with one attached hydrogen (secondary N) is 1. The van der Waals surface area contributed by atoms with Gasteiger partial charge >= 0.3 is 0 Å². The average molecular weight is 288 g/mol. The fourth-order valence-electron chi connectivity index (χ4n) is 1.15. The summed E-state index contributed by atoms with van der Waals surface area (Å²) in [5.74, 6) is 0.593. The summed E-state index contributed by atoms with van der Waals surface area (Å²) in [6.07, 6.45) is 0.320. The Morgan fingerprint density at radius 3 is 2.94 bits per heavy atom. The number of halogens is 1. The van der Waals surface area contributed by atoms with Gasteiger partial charge in [-0.05, 0) is 23.8 Å². The van der Waals surface area contributed by atoms with Crippen molar-refractivity contribution < 1.29 is 14.6 Å². The van der Waals surface area contributed by atoms with Crippen molar-refractivity contribution >= 4 is 21.8 Å². The molecule has 0 saturated heterocycles. The average Bonchev–Trinajstić information content (AvgIpc) is 2.31. The van der Waals surface area contributed by atoms with Gasteiger partial charge in [0, 0.05) is 11.5 Å². The quantitative estimate of drug-likeness (QED) is 0.862. The first-order valence-electron chi connectivity index (χ1n) is 4.90. The lowest BCUT2D eigenvalue weighted by Crippen LogP contribution is -2.20. The van der Waals surface area contributed by atoms with Crippen molar-refractivity contribution in [3.05, 3.63) is 28.2 Å². The second-order valence-electron chi connectivity index (χ2n) is 3.18. The van der Waals surface area contributed by atoms with E-state index in [0.29, 0.717) is 18.8 Å². The highest BCUT2D eigenvalue weighted by atomic mass is 79.9. The van der Waals surface area contributed by atoms with Crippen LogP contribution < -0.4 is 10.1 Å². The van der Waals surface area contributed by atoms with Gasteiger partial charge < -0.3 is 15.2 Å². The lowest BCUT2D eigenvalue weighted by Gasteiger charge is -2.08. The summed E-state index contributed by atoms with van der Waals surface area (Å²) in [6, 6.07) is 5.34. The fraction of sp³-hybridized carbons (Fsp3) is 0.364. The molecule has 0 unspecified atom stereocenters. The normalized spacial score (nSPS) is 9.94. The van der Waals surface area contributed by atoms with Gasteiger partial charge in [-0.25, -0.2) is 0 Å². The molecule has 1 rings (SSSR count). The summed E-state index contributed by atoms with van der Waals surface area (Å²) in [5.41, 5.74) is 0.762. The van der Waals surface area contributed by atoms with Crippen LogP contribution in [0.25, 0.3) is 0 Å². The van der Waals surface area contributed by atoms with Crippen molar-refractivity contribution in [1.29, 1.82) is 0 Å². The molecular weight excluding hydrogens is 274 g/mol. The van der Waals surface area contributed by atoms with Crippen molar-refractivity contribution in [2.24, 2.45) is 0 Å². The van der Waals surface area contributed by atoms with Crippen molar-refractivity contribution in [2.45, 2.75) is 13.0 Å². The molecule has 0 spiro atoms. The van der Waals surface area contributed by atoms with Crippen LogP contribution in [0.4, 0.5) is 0 Å². The molecule has 2 N–H and O–H groups in total. The minimum Gasteiger partial charge on any atom is -0.493 e. The summed E-state index contributed by atoms with van der Waals surface area (Å²) >= 11 is 3.31. The number of aliphatic hydroxyl groups is 1. The maximum absolute atomic E-state index is 10.9. The standard InChI is InChI=1S/C11H14BrNO3/c1-13-11(15)4-5-16-9-2-3-10(12)8(6-9)7-14/h2-3,6,14H,4-5,7H2,1H3,(H,13,15). The molecule has 1 amide bonds. The third-order valence-corrected chi connectivity index (χ3v) is 2.84. The summed E-state index contributed by atoms with van der Waals surface area (Å²) in [5, 5.41) is 11.6. The van der Waals surface area contributed by atoms with Crippen LogP contribution in [-0.4, -0.2) is 24.7 Å². The fourth-order valence-corrected chi connectivity index (χ4v) is 1.52. The second-order valence-corrected chi connectivity index (χ2v) is 4.04. The predicted molar refractivity (Wildman–Crippen MR) is 64.2 cm³/mol. The number of rotatable bonds is 5. The van der Waals surface area contributed by atoms with Crippen LogP contribution in [0.5, 0.6) is 5.75 Å². The van der Waals surface area contributed by atoms with Crippen molar-refractivity contribution in [1.82, 2.24) is 5.32 Å². The first-order chi connectivity index (χ1) is 7.67. The van der Waals surface area contributed by atoms with E-state index in [-0.39, 0.29) is 12.5 Å². The summed E-state index contributed by atoms with van der Waals surface area (Å²) in [6.45, 7) is 0.277. The SMILES string of the molecule is CNC(=O)CCOc1ccc(Br)c(CO)c1. The number of benzene rings is 1. The number of carbonyl (C=O) groups excluding carboxylic acids is 1. The van der Waals surface area contributed by atoms with E-state index < -0.39 is 0 Å². The van der Waals surface area contributed by atoms with E-state index in [2.05, 4.69) is 21.2 Å². The van der Waals surface area contributed by atoms with E-state index in [4.69, 9.17) is 9.84 Å². The zero-order valence-corrected chi connectivity index (χ0v) is 10.6. The predicted octanol–water partition coefficient (Wildman–Crippen LogP) is 1.46. The Bertz CT molecular complexity index is 368.